The van der Waals surface area contributed by atoms with Crippen LogP contribution in [0.15, 0.2) is 18.2 Å². The van der Waals surface area contributed by atoms with Crippen LogP contribution in [-0.2, 0) is 7.05 Å². The molecule has 0 bridgehead atoms. The number of nitrogen functional groups attached to an aromatic ring is 1. The Hall–Kier alpha value is -1.75. The first-order valence-corrected chi connectivity index (χ1v) is 5.23. The molecule has 2 N–H and O–H groups in total. The van der Waals surface area contributed by atoms with E-state index in [9.17, 15) is 4.39 Å². The third-order valence-electron chi connectivity index (χ3n) is 2.41. The number of anilines is 1. The van der Waals surface area contributed by atoms with Crippen molar-refractivity contribution >= 4 is 17.4 Å². The molecule has 0 spiro atoms. The highest BCUT2D eigenvalue weighted by atomic mass is 35.5. The van der Waals surface area contributed by atoms with E-state index in [0.717, 1.165) is 0 Å². The fourth-order valence-electron chi connectivity index (χ4n) is 1.53. The fourth-order valence-corrected chi connectivity index (χ4v) is 1.81. The van der Waals surface area contributed by atoms with E-state index >= 15 is 0 Å². The highest BCUT2D eigenvalue weighted by Gasteiger charge is 2.13. The minimum absolute atomic E-state index is 0.0271. The summed E-state index contributed by atoms with van der Waals surface area (Å²) in [5.41, 5.74) is 6.78. The summed E-state index contributed by atoms with van der Waals surface area (Å²) in [7, 11) is 3.07. The number of halogens is 2. The van der Waals surface area contributed by atoms with Crippen LogP contribution in [0.25, 0.3) is 11.3 Å². The number of methoxy groups -OCH3 is 1. The quantitative estimate of drug-likeness (QED) is 0.897. The van der Waals surface area contributed by atoms with E-state index in [2.05, 4.69) is 5.10 Å². The average molecular weight is 256 g/mol. The van der Waals surface area contributed by atoms with Crippen LogP contribution in [-0.4, -0.2) is 16.9 Å². The maximum absolute atomic E-state index is 13.6. The Labute approximate surface area is 103 Å². The molecule has 0 amide bonds. The third kappa shape index (κ3) is 2.06. The minimum Gasteiger partial charge on any atom is -0.492 e. The van der Waals surface area contributed by atoms with E-state index in [1.54, 1.807) is 19.2 Å². The zero-order valence-corrected chi connectivity index (χ0v) is 10.1. The number of nitrogens with zero attached hydrogens (tertiary/aromatic N) is 2. The van der Waals surface area contributed by atoms with Crippen molar-refractivity contribution in [3.63, 3.8) is 0 Å². The molecule has 4 nitrogen and oxygen atoms in total. The van der Waals surface area contributed by atoms with Gasteiger partial charge < -0.3 is 10.5 Å². The fraction of sp³-hybridized carbons (Fsp3) is 0.182. The molecule has 6 heteroatoms. The van der Waals surface area contributed by atoms with Crippen molar-refractivity contribution in [1.82, 2.24) is 9.78 Å². The van der Waals surface area contributed by atoms with Crippen LogP contribution in [0.4, 0.5) is 10.2 Å². The number of rotatable bonds is 2. The summed E-state index contributed by atoms with van der Waals surface area (Å²) < 4.78 is 20.0. The highest BCUT2D eigenvalue weighted by Crippen LogP contribution is 2.33. The molecule has 0 aliphatic heterocycles. The van der Waals surface area contributed by atoms with Gasteiger partial charge in [-0.05, 0) is 12.1 Å². The van der Waals surface area contributed by atoms with Crippen molar-refractivity contribution < 1.29 is 9.13 Å². The SMILES string of the molecule is COc1c(F)cc(-c2cc(N)n(C)n2)cc1Cl. The first-order valence-electron chi connectivity index (χ1n) is 4.86. The van der Waals surface area contributed by atoms with E-state index in [4.69, 9.17) is 22.1 Å². The molecular formula is C11H11ClFN3O. The van der Waals surface area contributed by atoms with Gasteiger partial charge in [-0.25, -0.2) is 4.39 Å². The molecule has 0 saturated carbocycles. The average Bonchev–Trinajstić information content (AvgIpc) is 2.59. The van der Waals surface area contributed by atoms with Gasteiger partial charge in [0.05, 0.1) is 17.8 Å². The summed E-state index contributed by atoms with van der Waals surface area (Å²) in [4.78, 5) is 0. The summed E-state index contributed by atoms with van der Waals surface area (Å²) >= 11 is 5.90. The smallest absolute Gasteiger partial charge is 0.173 e. The predicted molar refractivity (Wildman–Crippen MR) is 64.6 cm³/mol. The second kappa shape index (κ2) is 4.25. The van der Waals surface area contributed by atoms with Crippen LogP contribution in [0.2, 0.25) is 5.02 Å². The predicted octanol–water partition coefficient (Wildman–Crippen LogP) is 2.47. The monoisotopic (exact) mass is 255 g/mol. The maximum Gasteiger partial charge on any atom is 0.173 e. The van der Waals surface area contributed by atoms with Gasteiger partial charge in [0.2, 0.25) is 0 Å². The number of hydrogen-bond donors (Lipinski definition) is 1. The van der Waals surface area contributed by atoms with E-state index in [1.165, 1.54) is 17.9 Å². The summed E-state index contributed by atoms with van der Waals surface area (Å²) in [6, 6.07) is 4.55. The van der Waals surface area contributed by atoms with Crippen molar-refractivity contribution in [1.29, 1.82) is 0 Å². The van der Waals surface area contributed by atoms with Gasteiger partial charge >= 0.3 is 0 Å². The van der Waals surface area contributed by atoms with E-state index < -0.39 is 5.82 Å². The Morgan fingerprint density at radius 2 is 2.12 bits per heavy atom. The van der Waals surface area contributed by atoms with Gasteiger partial charge in [-0.3, -0.25) is 4.68 Å². The normalized spacial score (nSPS) is 10.6. The van der Waals surface area contributed by atoms with Crippen molar-refractivity contribution in [2.45, 2.75) is 0 Å². The third-order valence-corrected chi connectivity index (χ3v) is 2.69. The molecule has 1 aromatic carbocycles. The van der Waals surface area contributed by atoms with Crippen LogP contribution in [0, 0.1) is 5.82 Å². The molecule has 0 saturated heterocycles. The van der Waals surface area contributed by atoms with Gasteiger partial charge in [0, 0.05) is 18.7 Å². The Bertz CT molecular complexity index is 525. The van der Waals surface area contributed by atoms with Crippen molar-refractivity contribution in [2.75, 3.05) is 12.8 Å². The standard InChI is InChI=1S/C11H11ClFN3O/c1-16-10(14)5-9(15-16)6-3-7(12)11(17-2)8(13)4-6/h3-5H,14H2,1-2H3. The van der Waals surface area contributed by atoms with Crippen LogP contribution < -0.4 is 10.5 Å². The number of aryl methyl sites for hydroxylation is 1. The molecule has 1 aromatic heterocycles. The molecule has 2 aromatic rings. The van der Waals surface area contributed by atoms with E-state index in [-0.39, 0.29) is 10.8 Å². The Kier molecular flexibility index (Phi) is 2.93. The molecule has 0 aliphatic rings. The lowest BCUT2D eigenvalue weighted by atomic mass is 10.1. The molecule has 2 rings (SSSR count). The minimum atomic E-state index is -0.528. The second-order valence-corrected chi connectivity index (χ2v) is 3.96. The molecule has 90 valence electrons. The second-order valence-electron chi connectivity index (χ2n) is 3.55. The molecule has 0 atom stereocenters. The number of aromatic nitrogens is 2. The van der Waals surface area contributed by atoms with Crippen molar-refractivity contribution in [3.05, 3.63) is 29.0 Å². The number of benzene rings is 1. The Balaban J connectivity index is 2.54. The summed E-state index contributed by atoms with van der Waals surface area (Å²) in [5, 5.41) is 4.34. The topological polar surface area (TPSA) is 53.1 Å². The van der Waals surface area contributed by atoms with E-state index in [1.807, 2.05) is 0 Å². The molecule has 0 unspecified atom stereocenters. The lowest BCUT2D eigenvalue weighted by Gasteiger charge is -2.06. The zero-order chi connectivity index (χ0) is 12.6. The van der Waals surface area contributed by atoms with Crippen LogP contribution >= 0.6 is 11.6 Å². The first kappa shape index (κ1) is 11.7. The summed E-state index contributed by atoms with van der Waals surface area (Å²) in [5.74, 6) is -0.00843. The van der Waals surface area contributed by atoms with Crippen LogP contribution in [0.5, 0.6) is 5.75 Å². The number of ether oxygens (including phenoxy) is 1. The summed E-state index contributed by atoms with van der Waals surface area (Å²) in [6.45, 7) is 0. The molecular weight excluding hydrogens is 245 g/mol. The molecule has 0 fully saturated rings. The molecule has 17 heavy (non-hydrogen) atoms. The zero-order valence-electron chi connectivity index (χ0n) is 9.37. The number of hydrogen-bond acceptors (Lipinski definition) is 3. The lowest BCUT2D eigenvalue weighted by molar-refractivity contribution is 0.387. The van der Waals surface area contributed by atoms with Gasteiger partial charge in [0.15, 0.2) is 11.6 Å². The molecule has 0 radical (unpaired) electrons. The maximum atomic E-state index is 13.6. The van der Waals surface area contributed by atoms with Crippen molar-refractivity contribution in [3.8, 4) is 17.0 Å². The number of nitrogens with two attached hydrogens (primary N) is 1. The van der Waals surface area contributed by atoms with Crippen LogP contribution in [0.1, 0.15) is 0 Å². The van der Waals surface area contributed by atoms with Crippen molar-refractivity contribution in [2.24, 2.45) is 7.05 Å². The van der Waals surface area contributed by atoms with Gasteiger partial charge in [-0.2, -0.15) is 5.10 Å². The van der Waals surface area contributed by atoms with Crippen LogP contribution in [0.3, 0.4) is 0 Å². The molecule has 0 aliphatic carbocycles. The van der Waals surface area contributed by atoms with Gasteiger partial charge in [-0.1, -0.05) is 11.6 Å². The van der Waals surface area contributed by atoms with E-state index in [0.29, 0.717) is 17.1 Å². The first-order chi connectivity index (χ1) is 8.02. The van der Waals surface area contributed by atoms with Gasteiger partial charge in [0.1, 0.15) is 5.82 Å². The van der Waals surface area contributed by atoms with Gasteiger partial charge in [0.25, 0.3) is 0 Å². The highest BCUT2D eigenvalue weighted by molar-refractivity contribution is 6.32. The molecule has 1 heterocycles. The lowest BCUT2D eigenvalue weighted by Crippen LogP contribution is -1.96. The largest absolute Gasteiger partial charge is 0.492 e. The van der Waals surface area contributed by atoms with Gasteiger partial charge in [-0.15, -0.1) is 0 Å². The Morgan fingerprint density at radius 3 is 2.59 bits per heavy atom. The Morgan fingerprint density at radius 1 is 1.41 bits per heavy atom. The summed E-state index contributed by atoms with van der Waals surface area (Å²) in [6.07, 6.45) is 0.